The van der Waals surface area contributed by atoms with Crippen LogP contribution >= 0.6 is 0 Å². The predicted octanol–water partition coefficient (Wildman–Crippen LogP) is 3.42. The summed E-state index contributed by atoms with van der Waals surface area (Å²) in [5.41, 5.74) is 15.9. The Balaban J connectivity index is 0.00000192. The number of aryl methyl sites for hydroxylation is 3. The molecule has 0 nitrogen and oxygen atoms in total. The van der Waals surface area contributed by atoms with E-state index < -0.39 is 0 Å². The Morgan fingerprint density at radius 2 is 1.26 bits per heavy atom. The molecule has 0 aromatic heterocycles. The second kappa shape index (κ2) is 14.0. The number of halogens is 2. The first-order valence-corrected chi connectivity index (χ1v) is 15.8. The summed E-state index contributed by atoms with van der Waals surface area (Å²) in [5, 5.41) is 5.23. The van der Waals surface area contributed by atoms with Gasteiger partial charge in [0.2, 0.25) is 0 Å². The Hall–Kier alpha value is -2.44. The molecule has 0 aliphatic heterocycles. The molecule has 4 aromatic rings. The smallest absolute Gasteiger partial charge is 1.00 e. The first kappa shape index (κ1) is 38.0. The van der Waals surface area contributed by atoms with E-state index in [9.17, 15) is 0 Å². The van der Waals surface area contributed by atoms with Crippen molar-refractivity contribution >= 4 is 17.2 Å². The normalized spacial score (nSPS) is 13.0. The minimum atomic E-state index is -0.0866. The van der Waals surface area contributed by atoms with Gasteiger partial charge in [0.05, 0.1) is 0 Å². The van der Waals surface area contributed by atoms with Crippen molar-refractivity contribution in [1.82, 2.24) is 0 Å². The SMILES string of the molecule is Cc1ccc(C(c2ccc(C)cc2)=c2c(C(C)(C)C)c(C)c(C3=CC=CC3)c3c2=c2cc(C(C)(C)C)c(C)cc2=[C-]3)cc1.[Cl-].[Cl-].[Zr+3]. The number of allylic oxidation sites excluding steroid dienone is 4. The maximum Gasteiger partial charge on any atom is 3.00 e. The van der Waals surface area contributed by atoms with Crippen molar-refractivity contribution in [2.24, 2.45) is 0 Å². The molecule has 6 rings (SSSR count). The second-order valence-corrected chi connectivity index (χ2v) is 14.8. The Labute approximate surface area is 308 Å². The van der Waals surface area contributed by atoms with Gasteiger partial charge in [0.15, 0.2) is 0 Å². The average molecular weight is 724 g/mol. The molecule has 0 N–H and O–H groups in total. The van der Waals surface area contributed by atoms with Crippen LogP contribution in [0.3, 0.4) is 0 Å². The van der Waals surface area contributed by atoms with E-state index in [1.165, 1.54) is 87.7 Å². The van der Waals surface area contributed by atoms with Gasteiger partial charge in [0.1, 0.15) is 0 Å². The zero-order valence-electron chi connectivity index (χ0n) is 29.0. The van der Waals surface area contributed by atoms with Crippen molar-refractivity contribution in [3.63, 3.8) is 0 Å². The quantitative estimate of drug-likeness (QED) is 0.251. The zero-order chi connectivity index (χ0) is 30.8. The van der Waals surface area contributed by atoms with E-state index in [1.54, 1.807) is 0 Å². The molecule has 0 unspecified atom stereocenters. The van der Waals surface area contributed by atoms with Gasteiger partial charge >= 0.3 is 26.2 Å². The summed E-state index contributed by atoms with van der Waals surface area (Å²) in [4.78, 5) is 0. The van der Waals surface area contributed by atoms with E-state index >= 15 is 0 Å². The molecule has 0 spiro atoms. The largest absolute Gasteiger partial charge is 3.00 e. The van der Waals surface area contributed by atoms with Gasteiger partial charge in [-0.1, -0.05) is 153 Å². The molecule has 0 fully saturated rings. The van der Waals surface area contributed by atoms with Crippen LogP contribution in [-0.2, 0) is 37.0 Å². The summed E-state index contributed by atoms with van der Waals surface area (Å²) in [6.45, 7) is 23.1. The fraction of sp³-hybridized carbons (Fsp3) is 0.302. The van der Waals surface area contributed by atoms with Gasteiger partial charge in [-0.2, -0.15) is 0 Å². The van der Waals surface area contributed by atoms with Crippen LogP contribution in [0.1, 0.15) is 104 Å². The monoisotopic (exact) mass is 721 g/mol. The third kappa shape index (κ3) is 6.76. The van der Waals surface area contributed by atoms with Gasteiger partial charge in [-0.3, -0.25) is 0 Å². The molecular formula is C43H45Cl2Zr. The number of fused-ring (bicyclic) bond motifs is 2. The van der Waals surface area contributed by atoms with E-state index in [0.717, 1.165) is 6.42 Å². The van der Waals surface area contributed by atoms with Crippen molar-refractivity contribution in [1.29, 1.82) is 0 Å². The maximum atomic E-state index is 4.00. The third-order valence-electron chi connectivity index (χ3n) is 9.22. The third-order valence-corrected chi connectivity index (χ3v) is 9.22. The van der Waals surface area contributed by atoms with Gasteiger partial charge in [0.25, 0.3) is 0 Å². The topological polar surface area (TPSA) is 0 Å². The minimum Gasteiger partial charge on any atom is -1.00 e. The van der Waals surface area contributed by atoms with Gasteiger partial charge in [-0.25, -0.2) is 0 Å². The molecule has 0 atom stereocenters. The molecule has 1 radical (unpaired) electrons. The Morgan fingerprint density at radius 1 is 0.717 bits per heavy atom. The molecule has 235 valence electrons. The van der Waals surface area contributed by atoms with Gasteiger partial charge < -0.3 is 24.8 Å². The van der Waals surface area contributed by atoms with E-state index in [2.05, 4.69) is 154 Å². The van der Waals surface area contributed by atoms with Crippen molar-refractivity contribution in [2.75, 3.05) is 0 Å². The molecule has 2 aliphatic carbocycles. The summed E-state index contributed by atoms with van der Waals surface area (Å²) in [5.74, 6) is 0. The van der Waals surface area contributed by atoms with Crippen LogP contribution in [-0.4, -0.2) is 0 Å². The number of rotatable bonds is 3. The standard InChI is InChI=1S/C43H45.2ClH.Zr/c1-26-15-19-31(20-16-26)38(32-21-17-27(2)18-22-32)40-39-34-25-36(42(5,6)7)28(3)23-33(34)24-35(39)37(30-13-11-12-14-30)29(4)41(40)43(8,9)10;;;/h11-13,15-23,25H,14H2,1-10H3;2*1H;/q-1;;;+3/p-2. The van der Waals surface area contributed by atoms with Crippen LogP contribution in [0.4, 0.5) is 0 Å². The van der Waals surface area contributed by atoms with E-state index in [1.807, 2.05) is 0 Å². The van der Waals surface area contributed by atoms with Crippen LogP contribution < -0.4 is 35.3 Å². The number of benzene rings is 4. The zero-order valence-corrected chi connectivity index (χ0v) is 32.9. The van der Waals surface area contributed by atoms with Crippen LogP contribution in [0.5, 0.6) is 0 Å². The molecule has 0 bridgehead atoms. The van der Waals surface area contributed by atoms with Crippen molar-refractivity contribution in [3.05, 3.63) is 155 Å². The van der Waals surface area contributed by atoms with Crippen LogP contribution in [0.15, 0.2) is 78.9 Å². The van der Waals surface area contributed by atoms with E-state index in [0.29, 0.717) is 0 Å². The summed E-state index contributed by atoms with van der Waals surface area (Å²) in [6.07, 6.45) is 11.8. The summed E-state index contributed by atoms with van der Waals surface area (Å²) in [6, 6.07) is 23.1. The Morgan fingerprint density at radius 3 is 1.72 bits per heavy atom. The van der Waals surface area contributed by atoms with Crippen molar-refractivity contribution in [2.45, 2.75) is 86.5 Å². The molecular weight excluding hydrogens is 679 g/mol. The number of hydrogen-bond acceptors (Lipinski definition) is 0. The van der Waals surface area contributed by atoms with Gasteiger partial charge in [0, 0.05) is 0 Å². The first-order valence-electron chi connectivity index (χ1n) is 15.8. The molecule has 0 saturated carbocycles. The van der Waals surface area contributed by atoms with Gasteiger partial charge in [-0.05, 0) is 72.4 Å². The van der Waals surface area contributed by atoms with Crippen LogP contribution in [0.25, 0.3) is 17.2 Å². The van der Waals surface area contributed by atoms with Gasteiger partial charge in [-0.15, -0.1) is 33.4 Å². The maximum absolute atomic E-state index is 4.00. The molecule has 4 aromatic carbocycles. The molecule has 46 heavy (non-hydrogen) atoms. The van der Waals surface area contributed by atoms with E-state index in [-0.39, 0.29) is 61.8 Å². The molecule has 0 saturated heterocycles. The Bertz CT molecular complexity index is 2020. The fourth-order valence-corrected chi connectivity index (χ4v) is 7.35. The first-order chi connectivity index (χ1) is 20.3. The minimum absolute atomic E-state index is 0. The van der Waals surface area contributed by atoms with Crippen molar-refractivity contribution < 1.29 is 51.0 Å². The van der Waals surface area contributed by atoms with E-state index in [4.69, 9.17) is 0 Å². The van der Waals surface area contributed by atoms with Crippen molar-refractivity contribution in [3.8, 4) is 0 Å². The summed E-state index contributed by atoms with van der Waals surface area (Å²) < 4.78 is 0. The number of hydrogen-bond donors (Lipinski definition) is 0. The summed E-state index contributed by atoms with van der Waals surface area (Å²) in [7, 11) is 0. The summed E-state index contributed by atoms with van der Waals surface area (Å²) >= 11 is 0. The average Bonchev–Trinajstić information content (AvgIpc) is 3.57. The molecule has 2 aliphatic rings. The van der Waals surface area contributed by atoms with Crippen LogP contribution in [0, 0.1) is 38.1 Å². The Kier molecular flexibility index (Phi) is 11.5. The molecule has 3 heteroatoms. The molecule has 0 heterocycles. The fourth-order valence-electron chi connectivity index (χ4n) is 7.35. The second-order valence-electron chi connectivity index (χ2n) is 14.8. The molecule has 0 amide bonds. The predicted molar refractivity (Wildman–Crippen MR) is 185 cm³/mol. The van der Waals surface area contributed by atoms with Crippen LogP contribution in [0.2, 0.25) is 0 Å².